The van der Waals surface area contributed by atoms with Crippen LogP contribution in [-0.2, 0) is 6.42 Å². The van der Waals surface area contributed by atoms with Gasteiger partial charge in [-0.1, -0.05) is 73.7 Å². The first kappa shape index (κ1) is 13.9. The Labute approximate surface area is 127 Å². The molecule has 0 nitrogen and oxygen atoms in total. The van der Waals surface area contributed by atoms with Crippen LogP contribution in [0, 0.1) is 6.07 Å². The fourth-order valence-corrected chi connectivity index (χ4v) is 3.04. The zero-order valence-electron chi connectivity index (χ0n) is 12.5. The third-order valence-electron chi connectivity index (χ3n) is 4.24. The molecule has 21 heavy (non-hydrogen) atoms. The first-order valence-corrected chi connectivity index (χ1v) is 7.77. The first-order chi connectivity index (χ1) is 10.3. The van der Waals surface area contributed by atoms with Crippen molar-refractivity contribution >= 4 is 10.8 Å². The molecule has 0 amide bonds. The molecule has 3 rings (SSSR count). The largest absolute Gasteiger partial charge is 0.0616 e. The second-order valence-corrected chi connectivity index (χ2v) is 5.77. The van der Waals surface area contributed by atoms with Gasteiger partial charge in [-0.2, -0.15) is 0 Å². The van der Waals surface area contributed by atoms with Crippen molar-refractivity contribution in [1.29, 1.82) is 0 Å². The summed E-state index contributed by atoms with van der Waals surface area (Å²) in [6.45, 7) is 2.35. The minimum atomic E-state index is 0.603. The van der Waals surface area contributed by atoms with E-state index in [1.54, 1.807) is 0 Å². The minimum absolute atomic E-state index is 0.603. The van der Waals surface area contributed by atoms with Crippen LogP contribution in [0.1, 0.15) is 36.8 Å². The molecule has 1 atom stereocenters. The highest BCUT2D eigenvalue weighted by Gasteiger charge is 2.08. The zero-order valence-corrected chi connectivity index (χ0v) is 12.5. The van der Waals surface area contributed by atoms with Gasteiger partial charge in [-0.15, -0.1) is 0 Å². The van der Waals surface area contributed by atoms with Crippen molar-refractivity contribution in [3.8, 4) is 0 Å². The Hall–Kier alpha value is -2.08. The highest BCUT2D eigenvalue weighted by atomic mass is 14.1. The van der Waals surface area contributed by atoms with Crippen LogP contribution in [0.4, 0.5) is 0 Å². The van der Waals surface area contributed by atoms with Crippen LogP contribution in [0.15, 0.2) is 66.7 Å². The number of rotatable bonds is 5. The number of hydrogen-bond donors (Lipinski definition) is 0. The second-order valence-electron chi connectivity index (χ2n) is 5.77. The van der Waals surface area contributed by atoms with Crippen LogP contribution in [-0.4, -0.2) is 0 Å². The molecule has 0 aromatic heterocycles. The highest BCUT2D eigenvalue weighted by Crippen LogP contribution is 2.28. The SMILES string of the molecule is CC(CCCc1cc[c]cc1)c1cccc2ccccc12. The van der Waals surface area contributed by atoms with Gasteiger partial charge in [0.1, 0.15) is 0 Å². The van der Waals surface area contributed by atoms with Gasteiger partial charge in [0.2, 0.25) is 0 Å². The number of benzene rings is 3. The molecule has 1 radical (unpaired) electrons. The number of hydrogen-bond acceptors (Lipinski definition) is 0. The fraction of sp³-hybridized carbons (Fsp3) is 0.238. The van der Waals surface area contributed by atoms with Crippen LogP contribution in [0.25, 0.3) is 10.8 Å². The molecule has 0 spiro atoms. The van der Waals surface area contributed by atoms with Gasteiger partial charge < -0.3 is 0 Å². The van der Waals surface area contributed by atoms with Crippen LogP contribution in [0.2, 0.25) is 0 Å². The summed E-state index contributed by atoms with van der Waals surface area (Å²) in [7, 11) is 0. The van der Waals surface area contributed by atoms with Crippen molar-refractivity contribution in [2.24, 2.45) is 0 Å². The highest BCUT2D eigenvalue weighted by molar-refractivity contribution is 5.86. The van der Waals surface area contributed by atoms with Gasteiger partial charge in [-0.25, -0.2) is 0 Å². The number of fused-ring (bicyclic) bond motifs is 1. The summed E-state index contributed by atoms with van der Waals surface area (Å²) in [5.74, 6) is 0.603. The Morgan fingerprint density at radius 3 is 2.52 bits per heavy atom. The summed E-state index contributed by atoms with van der Waals surface area (Å²) < 4.78 is 0. The lowest BCUT2D eigenvalue weighted by Gasteiger charge is -2.14. The molecular formula is C21H21. The average Bonchev–Trinajstić information content (AvgIpc) is 2.55. The third-order valence-corrected chi connectivity index (χ3v) is 4.24. The molecule has 0 saturated heterocycles. The Morgan fingerprint density at radius 1 is 0.905 bits per heavy atom. The molecule has 0 aliphatic heterocycles. The van der Waals surface area contributed by atoms with E-state index in [1.807, 2.05) is 12.1 Å². The summed E-state index contributed by atoms with van der Waals surface area (Å²) in [5, 5.41) is 2.75. The van der Waals surface area contributed by atoms with E-state index in [0.717, 1.165) is 6.42 Å². The Bertz CT molecular complexity index is 692. The van der Waals surface area contributed by atoms with Gasteiger partial charge in [-0.05, 0) is 53.1 Å². The van der Waals surface area contributed by atoms with Crippen LogP contribution in [0.5, 0.6) is 0 Å². The maximum atomic E-state index is 3.08. The van der Waals surface area contributed by atoms with Crippen molar-refractivity contribution in [3.05, 3.63) is 83.9 Å². The standard InChI is InChI=1S/C21H21/c1-17(9-7-12-18-10-3-2-4-11-18)20-16-8-14-19-13-5-6-15-21(19)20/h3-6,8,10-11,13-17H,7,9,12H2,1H3. The lowest BCUT2D eigenvalue weighted by molar-refractivity contribution is 0.637. The molecule has 0 aliphatic carbocycles. The van der Waals surface area contributed by atoms with Crippen molar-refractivity contribution in [2.45, 2.75) is 32.1 Å². The molecule has 0 N–H and O–H groups in total. The van der Waals surface area contributed by atoms with Gasteiger partial charge in [0.15, 0.2) is 0 Å². The Morgan fingerprint density at radius 2 is 1.67 bits per heavy atom. The minimum Gasteiger partial charge on any atom is -0.0616 e. The number of aryl methyl sites for hydroxylation is 1. The summed E-state index contributed by atoms with van der Waals surface area (Å²) >= 11 is 0. The smallest absolute Gasteiger partial charge is 0.0149 e. The zero-order chi connectivity index (χ0) is 14.5. The topological polar surface area (TPSA) is 0 Å². The van der Waals surface area contributed by atoms with Gasteiger partial charge in [0.25, 0.3) is 0 Å². The molecule has 0 aliphatic rings. The van der Waals surface area contributed by atoms with Crippen molar-refractivity contribution in [1.82, 2.24) is 0 Å². The monoisotopic (exact) mass is 273 g/mol. The molecule has 105 valence electrons. The van der Waals surface area contributed by atoms with Crippen molar-refractivity contribution in [2.75, 3.05) is 0 Å². The van der Waals surface area contributed by atoms with Crippen LogP contribution < -0.4 is 0 Å². The van der Waals surface area contributed by atoms with Gasteiger partial charge in [0.05, 0.1) is 0 Å². The van der Waals surface area contributed by atoms with E-state index >= 15 is 0 Å². The summed E-state index contributed by atoms with van der Waals surface area (Å²) in [5.41, 5.74) is 2.90. The van der Waals surface area contributed by atoms with Crippen molar-refractivity contribution < 1.29 is 0 Å². The molecule has 0 saturated carbocycles. The van der Waals surface area contributed by atoms with Gasteiger partial charge in [0, 0.05) is 0 Å². The van der Waals surface area contributed by atoms with E-state index < -0.39 is 0 Å². The van der Waals surface area contributed by atoms with Crippen LogP contribution in [0.3, 0.4) is 0 Å². The van der Waals surface area contributed by atoms with E-state index in [2.05, 4.69) is 67.6 Å². The van der Waals surface area contributed by atoms with Gasteiger partial charge >= 0.3 is 0 Å². The van der Waals surface area contributed by atoms with Gasteiger partial charge in [-0.3, -0.25) is 0 Å². The molecule has 3 aromatic carbocycles. The molecule has 1 unspecified atom stereocenters. The summed E-state index contributed by atoms with van der Waals surface area (Å²) in [6, 6.07) is 26.8. The lowest BCUT2D eigenvalue weighted by atomic mass is 9.90. The molecule has 0 heteroatoms. The predicted molar refractivity (Wildman–Crippen MR) is 90.6 cm³/mol. The van der Waals surface area contributed by atoms with E-state index in [-0.39, 0.29) is 0 Å². The molecule has 3 aromatic rings. The van der Waals surface area contributed by atoms with E-state index in [4.69, 9.17) is 0 Å². The molecule has 0 bridgehead atoms. The Kier molecular flexibility index (Phi) is 4.35. The lowest BCUT2D eigenvalue weighted by Crippen LogP contribution is -1.96. The molecule has 0 fully saturated rings. The fourth-order valence-electron chi connectivity index (χ4n) is 3.04. The molecular weight excluding hydrogens is 252 g/mol. The van der Waals surface area contributed by atoms with E-state index in [0.29, 0.717) is 5.92 Å². The maximum absolute atomic E-state index is 3.08. The second kappa shape index (κ2) is 6.58. The quantitative estimate of drug-likeness (QED) is 0.554. The third kappa shape index (κ3) is 3.33. The Balaban J connectivity index is 1.68. The first-order valence-electron chi connectivity index (χ1n) is 7.77. The molecule has 0 heterocycles. The summed E-state index contributed by atoms with van der Waals surface area (Å²) in [4.78, 5) is 0. The maximum Gasteiger partial charge on any atom is -0.0149 e. The predicted octanol–water partition coefficient (Wildman–Crippen LogP) is 5.77. The van der Waals surface area contributed by atoms with Crippen LogP contribution >= 0.6 is 0 Å². The average molecular weight is 273 g/mol. The summed E-state index contributed by atoms with van der Waals surface area (Å²) in [6.07, 6.45) is 3.62. The van der Waals surface area contributed by atoms with E-state index in [9.17, 15) is 0 Å². The van der Waals surface area contributed by atoms with Crippen molar-refractivity contribution in [3.63, 3.8) is 0 Å². The normalized spacial score (nSPS) is 12.4. The van der Waals surface area contributed by atoms with E-state index in [1.165, 1.54) is 34.7 Å².